The minimum absolute atomic E-state index is 0.935. The molecule has 90 valence electrons. The van der Waals surface area contributed by atoms with E-state index in [1.165, 1.54) is 5.56 Å². The third kappa shape index (κ3) is 2.52. The smallest absolute Gasteiger partial charge is 0.195 e. The first-order valence-electron chi connectivity index (χ1n) is 5.90. The van der Waals surface area contributed by atoms with Crippen LogP contribution in [0.4, 0.5) is 0 Å². The predicted octanol–water partition coefficient (Wildman–Crippen LogP) is 3.25. The van der Waals surface area contributed by atoms with E-state index in [1.54, 1.807) is 11.8 Å². The van der Waals surface area contributed by atoms with Gasteiger partial charge in [-0.1, -0.05) is 37.7 Å². The Morgan fingerprint density at radius 3 is 2.41 bits per heavy atom. The summed E-state index contributed by atoms with van der Waals surface area (Å²) in [5, 5.41) is 9.31. The topological polar surface area (TPSA) is 30.7 Å². The number of hydrogen-bond acceptors (Lipinski definition) is 3. The SMILES string of the molecule is CCSc1nnc(C)n1-c1ccc(CC)cc1. The van der Waals surface area contributed by atoms with E-state index in [4.69, 9.17) is 0 Å². The van der Waals surface area contributed by atoms with Crippen molar-refractivity contribution in [2.45, 2.75) is 32.3 Å². The van der Waals surface area contributed by atoms with E-state index in [2.05, 4.69) is 52.9 Å². The fourth-order valence-corrected chi connectivity index (χ4v) is 2.47. The number of nitrogens with zero attached hydrogens (tertiary/aromatic N) is 3. The second kappa shape index (κ2) is 5.36. The van der Waals surface area contributed by atoms with Crippen molar-refractivity contribution in [1.82, 2.24) is 14.8 Å². The molecule has 2 rings (SSSR count). The van der Waals surface area contributed by atoms with Crippen LogP contribution in [0.1, 0.15) is 25.2 Å². The average Bonchev–Trinajstić information content (AvgIpc) is 2.71. The van der Waals surface area contributed by atoms with Crippen molar-refractivity contribution in [2.75, 3.05) is 5.75 Å². The molecule has 0 amide bonds. The first kappa shape index (κ1) is 12.2. The lowest BCUT2D eigenvalue weighted by Crippen LogP contribution is -1.99. The number of benzene rings is 1. The molecule has 0 fully saturated rings. The summed E-state index contributed by atoms with van der Waals surface area (Å²) < 4.78 is 2.10. The molecular formula is C13H17N3S. The van der Waals surface area contributed by atoms with E-state index in [9.17, 15) is 0 Å². The molecule has 0 atom stereocenters. The van der Waals surface area contributed by atoms with Crippen molar-refractivity contribution < 1.29 is 0 Å². The van der Waals surface area contributed by atoms with Gasteiger partial charge in [-0.2, -0.15) is 0 Å². The Morgan fingerprint density at radius 2 is 1.82 bits per heavy atom. The fourth-order valence-electron chi connectivity index (χ4n) is 1.74. The molecule has 2 aromatic rings. The van der Waals surface area contributed by atoms with Gasteiger partial charge in [-0.25, -0.2) is 0 Å². The molecule has 0 bridgehead atoms. The second-order valence-corrected chi connectivity index (χ2v) is 5.05. The third-order valence-corrected chi connectivity index (χ3v) is 3.48. The van der Waals surface area contributed by atoms with Crippen LogP contribution in [-0.2, 0) is 6.42 Å². The van der Waals surface area contributed by atoms with E-state index < -0.39 is 0 Å². The number of thioether (sulfide) groups is 1. The number of rotatable bonds is 4. The van der Waals surface area contributed by atoms with Crippen molar-refractivity contribution in [2.24, 2.45) is 0 Å². The van der Waals surface area contributed by atoms with E-state index in [-0.39, 0.29) is 0 Å². The van der Waals surface area contributed by atoms with Crippen molar-refractivity contribution in [3.63, 3.8) is 0 Å². The zero-order valence-corrected chi connectivity index (χ0v) is 11.3. The van der Waals surface area contributed by atoms with Crippen molar-refractivity contribution in [3.05, 3.63) is 35.7 Å². The summed E-state index contributed by atoms with van der Waals surface area (Å²) >= 11 is 1.72. The predicted molar refractivity (Wildman–Crippen MR) is 71.9 cm³/mol. The first-order valence-corrected chi connectivity index (χ1v) is 6.89. The molecule has 3 nitrogen and oxygen atoms in total. The lowest BCUT2D eigenvalue weighted by molar-refractivity contribution is 0.868. The molecule has 0 radical (unpaired) electrons. The van der Waals surface area contributed by atoms with Crippen LogP contribution in [0.15, 0.2) is 29.4 Å². The molecule has 4 heteroatoms. The average molecular weight is 247 g/mol. The van der Waals surface area contributed by atoms with Gasteiger partial charge in [0.05, 0.1) is 0 Å². The standard InChI is InChI=1S/C13H17N3S/c1-4-11-6-8-12(9-7-11)16-10(3)14-15-13(16)17-5-2/h6-9H,4-5H2,1-3H3. The maximum atomic E-state index is 4.20. The van der Waals surface area contributed by atoms with Gasteiger partial charge in [-0.15, -0.1) is 10.2 Å². The number of aromatic nitrogens is 3. The van der Waals surface area contributed by atoms with E-state index >= 15 is 0 Å². The largest absolute Gasteiger partial charge is 0.274 e. The summed E-state index contributed by atoms with van der Waals surface area (Å²) in [5.74, 6) is 1.94. The van der Waals surface area contributed by atoms with Crippen LogP contribution in [0, 0.1) is 6.92 Å². The Balaban J connectivity index is 2.40. The molecule has 1 heterocycles. The van der Waals surface area contributed by atoms with Gasteiger partial charge in [0.15, 0.2) is 5.16 Å². The highest BCUT2D eigenvalue weighted by atomic mass is 32.2. The summed E-state index contributed by atoms with van der Waals surface area (Å²) in [7, 11) is 0. The van der Waals surface area contributed by atoms with Crippen molar-refractivity contribution in [1.29, 1.82) is 0 Å². The molecule has 1 aromatic carbocycles. The maximum Gasteiger partial charge on any atom is 0.195 e. The normalized spacial score (nSPS) is 10.8. The van der Waals surface area contributed by atoms with Crippen LogP contribution < -0.4 is 0 Å². The molecule has 0 saturated heterocycles. The molecule has 1 aromatic heterocycles. The maximum absolute atomic E-state index is 4.20. The third-order valence-electron chi connectivity index (χ3n) is 2.67. The van der Waals surface area contributed by atoms with Gasteiger partial charge >= 0.3 is 0 Å². The highest BCUT2D eigenvalue weighted by Gasteiger charge is 2.10. The fraction of sp³-hybridized carbons (Fsp3) is 0.385. The lowest BCUT2D eigenvalue weighted by atomic mass is 10.1. The Kier molecular flexibility index (Phi) is 3.84. The Bertz CT molecular complexity index is 488. The molecule has 0 unspecified atom stereocenters. The van der Waals surface area contributed by atoms with Crippen LogP contribution in [0.3, 0.4) is 0 Å². The minimum Gasteiger partial charge on any atom is -0.274 e. The highest BCUT2D eigenvalue weighted by molar-refractivity contribution is 7.99. The van der Waals surface area contributed by atoms with E-state index in [0.29, 0.717) is 0 Å². The molecule has 17 heavy (non-hydrogen) atoms. The van der Waals surface area contributed by atoms with Gasteiger partial charge in [0.2, 0.25) is 0 Å². The molecule has 0 aliphatic carbocycles. The van der Waals surface area contributed by atoms with Gasteiger partial charge in [-0.05, 0) is 36.8 Å². The number of aryl methyl sites for hydroxylation is 2. The summed E-state index contributed by atoms with van der Waals surface area (Å²) in [6.07, 6.45) is 1.07. The van der Waals surface area contributed by atoms with Crippen molar-refractivity contribution >= 4 is 11.8 Å². The lowest BCUT2D eigenvalue weighted by Gasteiger charge is -2.08. The quantitative estimate of drug-likeness (QED) is 0.777. The monoisotopic (exact) mass is 247 g/mol. The molecule has 0 aliphatic rings. The minimum atomic E-state index is 0.935. The van der Waals surface area contributed by atoms with Gasteiger partial charge in [-0.3, -0.25) is 4.57 Å². The first-order chi connectivity index (χ1) is 8.26. The summed E-state index contributed by atoms with van der Waals surface area (Å²) in [5.41, 5.74) is 2.49. The van der Waals surface area contributed by atoms with Crippen LogP contribution in [0.25, 0.3) is 5.69 Å². The van der Waals surface area contributed by atoms with Crippen LogP contribution in [-0.4, -0.2) is 20.5 Å². The summed E-state index contributed by atoms with van der Waals surface area (Å²) in [6, 6.07) is 8.59. The molecule has 0 N–H and O–H groups in total. The Hall–Kier alpha value is -1.29. The van der Waals surface area contributed by atoms with Gasteiger partial charge in [0.1, 0.15) is 5.82 Å². The molecule has 0 aliphatic heterocycles. The molecule has 0 saturated carbocycles. The highest BCUT2D eigenvalue weighted by Crippen LogP contribution is 2.21. The molecule has 0 spiro atoms. The van der Waals surface area contributed by atoms with Crippen molar-refractivity contribution in [3.8, 4) is 5.69 Å². The van der Waals surface area contributed by atoms with E-state index in [1.807, 2.05) is 6.92 Å². The Labute approximate surface area is 106 Å². The van der Waals surface area contributed by atoms with Gasteiger partial charge in [0, 0.05) is 5.69 Å². The van der Waals surface area contributed by atoms with Crippen LogP contribution in [0.5, 0.6) is 0 Å². The number of hydrogen-bond donors (Lipinski definition) is 0. The van der Waals surface area contributed by atoms with Crippen LogP contribution in [0.2, 0.25) is 0 Å². The van der Waals surface area contributed by atoms with E-state index in [0.717, 1.165) is 28.8 Å². The Morgan fingerprint density at radius 1 is 1.12 bits per heavy atom. The molecular weight excluding hydrogens is 230 g/mol. The summed E-state index contributed by atoms with van der Waals surface area (Å²) in [4.78, 5) is 0. The zero-order chi connectivity index (χ0) is 12.3. The van der Waals surface area contributed by atoms with Gasteiger partial charge < -0.3 is 0 Å². The van der Waals surface area contributed by atoms with Gasteiger partial charge in [0.25, 0.3) is 0 Å². The van der Waals surface area contributed by atoms with Crippen LogP contribution >= 0.6 is 11.8 Å². The second-order valence-electron chi connectivity index (χ2n) is 3.82. The zero-order valence-electron chi connectivity index (χ0n) is 10.5. The summed E-state index contributed by atoms with van der Waals surface area (Å²) in [6.45, 7) is 6.27.